The van der Waals surface area contributed by atoms with Crippen molar-refractivity contribution < 1.29 is 28.2 Å². The van der Waals surface area contributed by atoms with E-state index in [1.54, 1.807) is 0 Å². The van der Waals surface area contributed by atoms with Gasteiger partial charge in [0.1, 0.15) is 11.4 Å². The Labute approximate surface area is 167 Å². The van der Waals surface area contributed by atoms with Gasteiger partial charge in [-0.25, -0.2) is 9.37 Å². The van der Waals surface area contributed by atoms with Crippen LogP contribution in [-0.4, -0.2) is 53.6 Å². The molecule has 3 atom stereocenters. The van der Waals surface area contributed by atoms with Gasteiger partial charge in [0, 0.05) is 13.1 Å². The summed E-state index contributed by atoms with van der Waals surface area (Å²) in [7, 11) is 1.32. The van der Waals surface area contributed by atoms with Crippen LogP contribution in [0.25, 0.3) is 0 Å². The van der Waals surface area contributed by atoms with E-state index in [9.17, 15) is 18.7 Å². The number of aromatic nitrogens is 1. The number of Topliss-reactive ketones (excluding diaryl/α,β-unsaturated/α-hetero) is 1. The first-order chi connectivity index (χ1) is 13.9. The molecule has 0 spiro atoms. The van der Waals surface area contributed by atoms with E-state index in [1.807, 2.05) is 0 Å². The Kier molecular flexibility index (Phi) is 5.36. The first-order valence-electron chi connectivity index (χ1n) is 9.53. The van der Waals surface area contributed by atoms with Crippen molar-refractivity contribution in [3.63, 3.8) is 0 Å². The van der Waals surface area contributed by atoms with E-state index in [4.69, 9.17) is 9.47 Å². The van der Waals surface area contributed by atoms with Gasteiger partial charge >= 0.3 is 0 Å². The number of methoxy groups -OCH3 is 1. The molecule has 1 N–H and O–H groups in total. The molecule has 2 aromatic rings. The monoisotopic (exact) mass is 404 g/mol. The molecule has 0 amide bonds. The van der Waals surface area contributed by atoms with Crippen molar-refractivity contribution in [2.75, 3.05) is 26.7 Å². The number of carbonyl (C=O) groups excluding carboxylic acids is 1. The molecule has 6 nitrogen and oxygen atoms in total. The number of rotatable bonds is 6. The number of likely N-dealkylation sites (tertiary alicyclic amines) is 1. The lowest BCUT2D eigenvalue weighted by Crippen LogP contribution is -2.30. The Hall–Kier alpha value is -2.74. The SMILES string of the molecule is COc1ccc(F)c(OC2C[C@@H]3CN(CC(=O)c4ccc(O)cn4)C[C@@H]3C2)c1F. The smallest absolute Gasteiger partial charge is 0.209 e. The van der Waals surface area contributed by atoms with E-state index >= 15 is 0 Å². The number of halogens is 2. The lowest BCUT2D eigenvalue weighted by molar-refractivity contribution is 0.0931. The van der Waals surface area contributed by atoms with E-state index in [0.29, 0.717) is 30.4 Å². The van der Waals surface area contributed by atoms with E-state index in [0.717, 1.165) is 19.2 Å². The maximum atomic E-state index is 14.3. The second-order valence-corrected chi connectivity index (χ2v) is 7.64. The predicted molar refractivity (Wildman–Crippen MR) is 100 cm³/mol. The van der Waals surface area contributed by atoms with Gasteiger partial charge in [-0.2, -0.15) is 4.39 Å². The number of carbonyl (C=O) groups is 1. The van der Waals surface area contributed by atoms with Gasteiger partial charge in [0.15, 0.2) is 23.1 Å². The van der Waals surface area contributed by atoms with Crippen molar-refractivity contribution in [1.29, 1.82) is 0 Å². The highest BCUT2D eigenvalue weighted by Gasteiger charge is 2.42. The van der Waals surface area contributed by atoms with Crippen LogP contribution in [0.15, 0.2) is 30.5 Å². The van der Waals surface area contributed by atoms with E-state index in [1.165, 1.54) is 31.5 Å². The molecule has 154 valence electrons. The molecule has 1 aromatic carbocycles. The molecule has 2 fully saturated rings. The molecular formula is C21H22F2N2O4. The molecule has 1 aromatic heterocycles. The molecule has 8 heteroatoms. The topological polar surface area (TPSA) is 71.9 Å². The van der Waals surface area contributed by atoms with Crippen molar-refractivity contribution in [2.45, 2.75) is 18.9 Å². The summed E-state index contributed by atoms with van der Waals surface area (Å²) >= 11 is 0. The minimum Gasteiger partial charge on any atom is -0.506 e. The average molecular weight is 404 g/mol. The minimum absolute atomic E-state index is 0.0206. The molecule has 1 unspecified atom stereocenters. The zero-order chi connectivity index (χ0) is 20.5. The van der Waals surface area contributed by atoms with Crippen LogP contribution in [0.5, 0.6) is 17.2 Å². The Morgan fingerprint density at radius 1 is 1.21 bits per heavy atom. The van der Waals surface area contributed by atoms with Crippen LogP contribution in [0, 0.1) is 23.5 Å². The largest absolute Gasteiger partial charge is 0.506 e. The molecule has 4 rings (SSSR count). The molecule has 29 heavy (non-hydrogen) atoms. The number of ether oxygens (including phenoxy) is 2. The Morgan fingerprint density at radius 3 is 2.55 bits per heavy atom. The second-order valence-electron chi connectivity index (χ2n) is 7.64. The van der Waals surface area contributed by atoms with Crippen LogP contribution in [0.4, 0.5) is 8.78 Å². The second kappa shape index (κ2) is 7.94. The standard InChI is InChI=1S/C21H22F2N2O4/c1-28-19-5-3-16(22)21(20(19)23)29-15-6-12-9-25(10-13(12)7-15)11-18(27)17-4-2-14(26)8-24-17/h2-5,8,12-13,15,26H,6-7,9-11H2,1H3/t12-,13+,15?. The summed E-state index contributed by atoms with van der Waals surface area (Å²) in [5.41, 5.74) is 0.324. The fraction of sp³-hybridized carbons (Fsp3) is 0.429. The summed E-state index contributed by atoms with van der Waals surface area (Å²) in [6, 6.07) is 5.32. The zero-order valence-electron chi connectivity index (χ0n) is 16.0. The summed E-state index contributed by atoms with van der Waals surface area (Å²) < 4.78 is 38.9. The Bertz CT molecular complexity index is 892. The third kappa shape index (κ3) is 4.03. The fourth-order valence-corrected chi connectivity index (χ4v) is 4.35. The van der Waals surface area contributed by atoms with Gasteiger partial charge < -0.3 is 14.6 Å². The summed E-state index contributed by atoms with van der Waals surface area (Å²) in [6.07, 6.45) is 2.36. The third-order valence-electron chi connectivity index (χ3n) is 5.70. The lowest BCUT2D eigenvalue weighted by atomic mass is 10.0. The molecule has 1 aliphatic heterocycles. The number of hydrogen-bond donors (Lipinski definition) is 1. The van der Waals surface area contributed by atoms with Crippen molar-refractivity contribution in [3.8, 4) is 17.2 Å². The molecule has 2 aliphatic rings. The first-order valence-corrected chi connectivity index (χ1v) is 9.53. The van der Waals surface area contributed by atoms with Gasteiger partial charge in [0.25, 0.3) is 0 Å². The van der Waals surface area contributed by atoms with E-state index < -0.39 is 11.6 Å². The first kappa shape index (κ1) is 19.6. The summed E-state index contributed by atoms with van der Waals surface area (Å²) in [4.78, 5) is 18.4. The molecule has 0 radical (unpaired) electrons. The van der Waals surface area contributed by atoms with E-state index in [2.05, 4.69) is 9.88 Å². The highest BCUT2D eigenvalue weighted by atomic mass is 19.1. The van der Waals surface area contributed by atoms with Crippen molar-refractivity contribution in [1.82, 2.24) is 9.88 Å². The number of fused-ring (bicyclic) bond motifs is 1. The average Bonchev–Trinajstić information content (AvgIpc) is 3.23. The number of nitrogens with zero attached hydrogens (tertiary/aromatic N) is 2. The van der Waals surface area contributed by atoms with Gasteiger partial charge in [-0.15, -0.1) is 0 Å². The highest BCUT2D eigenvalue weighted by molar-refractivity contribution is 5.95. The molecule has 1 aliphatic carbocycles. The molecule has 1 saturated heterocycles. The lowest BCUT2D eigenvalue weighted by Gasteiger charge is -2.20. The van der Waals surface area contributed by atoms with Crippen molar-refractivity contribution >= 4 is 5.78 Å². The van der Waals surface area contributed by atoms with Crippen LogP contribution in [-0.2, 0) is 0 Å². The number of benzene rings is 1. The summed E-state index contributed by atoms with van der Waals surface area (Å²) in [5, 5.41) is 9.28. The van der Waals surface area contributed by atoms with Gasteiger partial charge in [-0.1, -0.05) is 0 Å². The van der Waals surface area contributed by atoms with Gasteiger partial charge in [0.2, 0.25) is 5.82 Å². The van der Waals surface area contributed by atoms with Gasteiger partial charge in [0.05, 0.1) is 26.0 Å². The van der Waals surface area contributed by atoms with Crippen LogP contribution < -0.4 is 9.47 Å². The summed E-state index contributed by atoms with van der Waals surface area (Å²) in [6.45, 7) is 1.73. The van der Waals surface area contributed by atoms with E-state index in [-0.39, 0.29) is 35.7 Å². The maximum Gasteiger partial charge on any atom is 0.209 e. The van der Waals surface area contributed by atoms with Crippen LogP contribution in [0.3, 0.4) is 0 Å². The number of hydrogen-bond acceptors (Lipinski definition) is 6. The zero-order valence-corrected chi connectivity index (χ0v) is 16.0. The Morgan fingerprint density at radius 2 is 1.93 bits per heavy atom. The number of ketones is 1. The maximum absolute atomic E-state index is 14.3. The summed E-state index contributed by atoms with van der Waals surface area (Å²) in [5.74, 6) is -1.45. The molecule has 0 bridgehead atoms. The minimum atomic E-state index is -0.821. The van der Waals surface area contributed by atoms with Crippen molar-refractivity contribution in [3.05, 3.63) is 47.8 Å². The van der Waals surface area contributed by atoms with Crippen molar-refractivity contribution in [2.24, 2.45) is 11.8 Å². The van der Waals surface area contributed by atoms with Crippen LogP contribution >= 0.6 is 0 Å². The Balaban J connectivity index is 1.34. The molecular weight excluding hydrogens is 382 g/mol. The van der Waals surface area contributed by atoms with Gasteiger partial charge in [-0.3, -0.25) is 9.69 Å². The molecule has 1 saturated carbocycles. The fourth-order valence-electron chi connectivity index (χ4n) is 4.35. The van der Waals surface area contributed by atoms with Crippen LogP contribution in [0.2, 0.25) is 0 Å². The number of aromatic hydroxyl groups is 1. The number of pyridine rings is 1. The quantitative estimate of drug-likeness (QED) is 0.747. The van der Waals surface area contributed by atoms with Crippen LogP contribution in [0.1, 0.15) is 23.3 Å². The normalized spacial score (nSPS) is 23.8. The molecule has 2 heterocycles. The highest BCUT2D eigenvalue weighted by Crippen LogP contribution is 2.41. The van der Waals surface area contributed by atoms with Gasteiger partial charge in [-0.05, 0) is 48.9 Å². The predicted octanol–water partition coefficient (Wildman–Crippen LogP) is 3.05. The third-order valence-corrected chi connectivity index (χ3v) is 5.70.